The minimum atomic E-state index is 0.853. The molecule has 2 rings (SSSR count). The van der Waals surface area contributed by atoms with E-state index in [1.54, 1.807) is 0 Å². The van der Waals surface area contributed by atoms with Crippen molar-refractivity contribution in [2.75, 3.05) is 18.0 Å². The van der Waals surface area contributed by atoms with Crippen LogP contribution in [0.25, 0.3) is 0 Å². The van der Waals surface area contributed by atoms with Crippen molar-refractivity contribution in [1.29, 1.82) is 0 Å². The summed E-state index contributed by atoms with van der Waals surface area (Å²) in [4.78, 5) is 6.62. The molecule has 0 bridgehead atoms. The first-order valence-corrected chi connectivity index (χ1v) is 5.43. The molecule has 0 N–H and O–H groups in total. The molecule has 0 unspecified atom stereocenters. The highest BCUT2D eigenvalue weighted by molar-refractivity contribution is 5.46. The summed E-state index contributed by atoms with van der Waals surface area (Å²) in [5, 5.41) is 0. The van der Waals surface area contributed by atoms with E-state index in [4.69, 9.17) is 0 Å². The van der Waals surface area contributed by atoms with Crippen molar-refractivity contribution < 1.29 is 0 Å². The summed E-state index contributed by atoms with van der Waals surface area (Å²) in [5.41, 5.74) is 2.35. The van der Waals surface area contributed by atoms with Crippen LogP contribution in [0.4, 0.5) is 5.69 Å². The fourth-order valence-electron chi connectivity index (χ4n) is 1.56. The van der Waals surface area contributed by atoms with Gasteiger partial charge in [-0.2, -0.15) is 0 Å². The first-order valence-electron chi connectivity index (χ1n) is 5.43. The van der Waals surface area contributed by atoms with Crippen molar-refractivity contribution >= 4 is 5.69 Å². The summed E-state index contributed by atoms with van der Waals surface area (Å²) in [6.07, 6.45) is 1.96. The summed E-state index contributed by atoms with van der Waals surface area (Å²) < 4.78 is 0. The first-order chi connectivity index (χ1) is 6.75. The number of hydrogen-bond acceptors (Lipinski definition) is 2. The van der Waals surface area contributed by atoms with Crippen LogP contribution in [0.2, 0.25) is 0 Å². The van der Waals surface area contributed by atoms with Crippen LogP contribution >= 0.6 is 0 Å². The molecule has 1 aliphatic rings. The monoisotopic (exact) mass is 192 g/mol. The van der Waals surface area contributed by atoms with Gasteiger partial charge in [0.25, 0.3) is 0 Å². The van der Waals surface area contributed by atoms with E-state index >= 15 is 0 Å². The smallest absolute Gasteiger partial charge is 0.0553 e. The molecule has 2 heteroatoms. The molecule has 0 saturated carbocycles. The van der Waals surface area contributed by atoms with Crippen LogP contribution in [0, 0.1) is 12.8 Å². The van der Waals surface area contributed by atoms with Gasteiger partial charge in [-0.3, -0.25) is 4.98 Å². The lowest BCUT2D eigenvalue weighted by Gasteiger charge is -2.38. The standard InChI is InChI=1S/C10H14N2.C2H6/c1-8-6-12(7-8)10-4-3-9(2)11-5-10;1-2/h3-5,8H,6-7H2,1-2H3;1-2H3. The van der Waals surface area contributed by atoms with Crippen LogP contribution in [0.3, 0.4) is 0 Å². The zero-order valence-electron chi connectivity index (χ0n) is 9.62. The maximum atomic E-state index is 4.27. The molecule has 1 fully saturated rings. The minimum absolute atomic E-state index is 0.853. The first kappa shape index (κ1) is 11.0. The quantitative estimate of drug-likeness (QED) is 0.680. The Balaban J connectivity index is 0.000000461. The van der Waals surface area contributed by atoms with E-state index in [2.05, 4.69) is 28.9 Å². The van der Waals surface area contributed by atoms with Gasteiger partial charge in [-0.05, 0) is 25.0 Å². The second-order valence-corrected chi connectivity index (χ2v) is 3.67. The number of hydrogen-bond donors (Lipinski definition) is 0. The average molecular weight is 192 g/mol. The lowest BCUT2D eigenvalue weighted by molar-refractivity contribution is 0.447. The lowest BCUT2D eigenvalue weighted by Crippen LogP contribution is -2.45. The van der Waals surface area contributed by atoms with Gasteiger partial charge >= 0.3 is 0 Å². The van der Waals surface area contributed by atoms with E-state index in [9.17, 15) is 0 Å². The van der Waals surface area contributed by atoms with Crippen LogP contribution in [0.1, 0.15) is 26.5 Å². The number of pyridine rings is 1. The van der Waals surface area contributed by atoms with E-state index in [-0.39, 0.29) is 0 Å². The zero-order chi connectivity index (χ0) is 10.6. The molecule has 0 amide bonds. The molecule has 1 aliphatic heterocycles. The molecule has 0 radical (unpaired) electrons. The minimum Gasteiger partial charge on any atom is -0.370 e. The molecule has 1 aromatic rings. The molecule has 1 aromatic heterocycles. The molecule has 2 nitrogen and oxygen atoms in total. The van der Waals surface area contributed by atoms with Gasteiger partial charge in [0.05, 0.1) is 11.9 Å². The average Bonchev–Trinajstić information content (AvgIpc) is 2.18. The van der Waals surface area contributed by atoms with Crippen molar-refractivity contribution in [3.63, 3.8) is 0 Å². The second kappa shape index (κ2) is 4.99. The Bertz CT molecular complexity index is 260. The van der Waals surface area contributed by atoms with Gasteiger partial charge in [-0.1, -0.05) is 20.8 Å². The van der Waals surface area contributed by atoms with Crippen molar-refractivity contribution in [1.82, 2.24) is 4.98 Å². The van der Waals surface area contributed by atoms with E-state index in [1.165, 1.54) is 18.8 Å². The lowest BCUT2D eigenvalue weighted by atomic mass is 10.0. The summed E-state index contributed by atoms with van der Waals surface area (Å²) >= 11 is 0. The largest absolute Gasteiger partial charge is 0.370 e. The van der Waals surface area contributed by atoms with E-state index in [0.717, 1.165) is 11.6 Å². The third-order valence-electron chi connectivity index (χ3n) is 2.33. The molecule has 0 aromatic carbocycles. The summed E-state index contributed by atoms with van der Waals surface area (Å²) in [6, 6.07) is 4.21. The highest BCUT2D eigenvalue weighted by Gasteiger charge is 2.22. The number of aromatic nitrogens is 1. The van der Waals surface area contributed by atoms with E-state index in [0.29, 0.717) is 0 Å². The maximum absolute atomic E-state index is 4.27. The van der Waals surface area contributed by atoms with Crippen LogP contribution in [-0.4, -0.2) is 18.1 Å². The highest BCUT2D eigenvalue weighted by atomic mass is 15.2. The number of nitrogens with zero attached hydrogens (tertiary/aromatic N) is 2. The summed E-state index contributed by atoms with van der Waals surface area (Å²) in [7, 11) is 0. The number of rotatable bonds is 1. The third-order valence-corrected chi connectivity index (χ3v) is 2.33. The molecule has 0 aliphatic carbocycles. The van der Waals surface area contributed by atoms with Crippen molar-refractivity contribution in [2.45, 2.75) is 27.7 Å². The highest BCUT2D eigenvalue weighted by Crippen LogP contribution is 2.22. The fraction of sp³-hybridized carbons (Fsp3) is 0.583. The van der Waals surface area contributed by atoms with Crippen LogP contribution in [-0.2, 0) is 0 Å². The van der Waals surface area contributed by atoms with Gasteiger partial charge in [-0.25, -0.2) is 0 Å². The fourth-order valence-corrected chi connectivity index (χ4v) is 1.56. The normalized spacial score (nSPS) is 15.6. The van der Waals surface area contributed by atoms with Crippen molar-refractivity contribution in [3.05, 3.63) is 24.0 Å². The van der Waals surface area contributed by atoms with Crippen LogP contribution in [0.5, 0.6) is 0 Å². The molecule has 0 spiro atoms. The molecule has 0 atom stereocenters. The SMILES string of the molecule is CC.Cc1ccc(N2CC(C)C2)cn1. The van der Waals surface area contributed by atoms with Crippen LogP contribution in [0.15, 0.2) is 18.3 Å². The van der Waals surface area contributed by atoms with Gasteiger partial charge in [-0.15, -0.1) is 0 Å². The molecule has 1 saturated heterocycles. The molecule has 2 heterocycles. The van der Waals surface area contributed by atoms with Crippen LogP contribution < -0.4 is 4.90 Å². The number of aryl methyl sites for hydroxylation is 1. The summed E-state index contributed by atoms with van der Waals surface area (Å²) in [5.74, 6) is 0.853. The summed E-state index contributed by atoms with van der Waals surface area (Å²) in [6.45, 7) is 10.7. The predicted molar refractivity (Wildman–Crippen MR) is 61.7 cm³/mol. The Morgan fingerprint density at radius 1 is 1.29 bits per heavy atom. The van der Waals surface area contributed by atoms with Crippen molar-refractivity contribution in [2.24, 2.45) is 5.92 Å². The molecule has 78 valence electrons. The van der Waals surface area contributed by atoms with Gasteiger partial charge < -0.3 is 4.90 Å². The predicted octanol–water partition coefficient (Wildman–Crippen LogP) is 2.87. The van der Waals surface area contributed by atoms with Crippen molar-refractivity contribution in [3.8, 4) is 0 Å². The van der Waals surface area contributed by atoms with E-state index in [1.807, 2.05) is 27.0 Å². The Hall–Kier alpha value is -1.05. The Kier molecular flexibility index (Phi) is 3.93. The molecular formula is C12H20N2. The van der Waals surface area contributed by atoms with Gasteiger partial charge in [0.15, 0.2) is 0 Å². The van der Waals surface area contributed by atoms with Gasteiger partial charge in [0, 0.05) is 18.8 Å². The zero-order valence-corrected chi connectivity index (χ0v) is 9.62. The molecule has 14 heavy (non-hydrogen) atoms. The Morgan fingerprint density at radius 2 is 1.93 bits per heavy atom. The Labute approximate surface area is 87.0 Å². The van der Waals surface area contributed by atoms with Gasteiger partial charge in [0.1, 0.15) is 0 Å². The van der Waals surface area contributed by atoms with E-state index < -0.39 is 0 Å². The topological polar surface area (TPSA) is 16.1 Å². The number of anilines is 1. The Morgan fingerprint density at radius 3 is 2.36 bits per heavy atom. The van der Waals surface area contributed by atoms with Gasteiger partial charge in [0.2, 0.25) is 0 Å². The third kappa shape index (κ3) is 2.47. The molecular weight excluding hydrogens is 172 g/mol. The maximum Gasteiger partial charge on any atom is 0.0553 e. The second-order valence-electron chi connectivity index (χ2n) is 3.67.